The monoisotopic (exact) mass is 312 g/mol. The van der Waals surface area contributed by atoms with E-state index in [9.17, 15) is 4.79 Å². The normalized spacial score (nSPS) is 11.2. The summed E-state index contributed by atoms with van der Waals surface area (Å²) in [6.45, 7) is 4.62. The van der Waals surface area contributed by atoms with Crippen molar-refractivity contribution in [2.24, 2.45) is 5.73 Å². The molecule has 110 valence electrons. The number of benzene rings is 1. The Bertz CT molecular complexity index is 578. The molecule has 0 atom stereocenters. The number of amides is 1. The minimum Gasteiger partial charge on any atom is -0.350 e. The molecular weight excluding hydrogens is 292 g/mol. The Labute approximate surface area is 130 Å². The third kappa shape index (κ3) is 3.51. The van der Waals surface area contributed by atoms with E-state index in [1.165, 1.54) is 0 Å². The van der Waals surface area contributed by atoms with Crippen molar-refractivity contribution in [2.45, 2.75) is 32.2 Å². The second kappa shape index (κ2) is 7.07. The maximum Gasteiger partial charge on any atom is 0.252 e. The van der Waals surface area contributed by atoms with Crippen LogP contribution in [0.15, 0.2) is 29.6 Å². The molecule has 2 rings (SSSR count). The highest BCUT2D eigenvalue weighted by atomic mass is 35.5. The van der Waals surface area contributed by atoms with E-state index < -0.39 is 0 Å². The zero-order valence-electron chi connectivity index (χ0n) is 11.8. The van der Waals surface area contributed by atoms with Crippen molar-refractivity contribution in [3.8, 4) is 0 Å². The molecule has 0 saturated carbocycles. The average Bonchev–Trinajstić information content (AvgIpc) is 2.88. The van der Waals surface area contributed by atoms with Crippen LogP contribution in [-0.4, -0.2) is 18.0 Å². The van der Waals surface area contributed by atoms with Gasteiger partial charge in [0.1, 0.15) is 0 Å². The van der Waals surface area contributed by atoms with Crippen LogP contribution in [0.2, 0.25) is 0 Å². The van der Waals surface area contributed by atoms with E-state index in [-0.39, 0.29) is 23.9 Å². The van der Waals surface area contributed by atoms with Crippen LogP contribution in [0.1, 0.15) is 37.0 Å². The van der Waals surface area contributed by atoms with Gasteiger partial charge < -0.3 is 11.1 Å². The minimum atomic E-state index is -0.304. The first-order valence-electron chi connectivity index (χ1n) is 6.63. The molecule has 2 aromatic rings. The summed E-state index contributed by atoms with van der Waals surface area (Å²) in [5.74, 6) is -0.0332. The van der Waals surface area contributed by atoms with Crippen molar-refractivity contribution in [1.29, 1.82) is 0 Å². The third-order valence-electron chi connectivity index (χ3n) is 3.73. The lowest BCUT2D eigenvalue weighted by molar-refractivity contribution is 0.0944. The molecule has 0 radical (unpaired) electrons. The van der Waals surface area contributed by atoms with E-state index in [0.29, 0.717) is 6.54 Å². The van der Waals surface area contributed by atoms with Crippen LogP contribution in [0.25, 0.3) is 10.1 Å². The molecule has 1 amide bonds. The summed E-state index contributed by atoms with van der Waals surface area (Å²) in [6, 6.07) is 7.95. The Morgan fingerprint density at radius 1 is 1.30 bits per heavy atom. The maximum absolute atomic E-state index is 12.2. The highest BCUT2D eigenvalue weighted by Gasteiger charge is 2.22. The van der Waals surface area contributed by atoms with Gasteiger partial charge in [-0.25, -0.2) is 0 Å². The van der Waals surface area contributed by atoms with E-state index >= 15 is 0 Å². The zero-order valence-corrected chi connectivity index (χ0v) is 13.4. The van der Waals surface area contributed by atoms with Crippen molar-refractivity contribution >= 4 is 39.7 Å². The molecule has 0 saturated heterocycles. The van der Waals surface area contributed by atoms with E-state index in [0.717, 1.165) is 28.5 Å². The first-order valence-corrected chi connectivity index (χ1v) is 7.51. The van der Waals surface area contributed by atoms with Crippen LogP contribution in [0.4, 0.5) is 0 Å². The van der Waals surface area contributed by atoms with E-state index in [2.05, 4.69) is 19.2 Å². The van der Waals surface area contributed by atoms with Gasteiger partial charge in [0.05, 0.1) is 5.56 Å². The van der Waals surface area contributed by atoms with Crippen LogP contribution < -0.4 is 11.1 Å². The van der Waals surface area contributed by atoms with Crippen LogP contribution in [0, 0.1) is 0 Å². The molecule has 1 aromatic heterocycles. The summed E-state index contributed by atoms with van der Waals surface area (Å²) in [7, 11) is 0. The molecule has 0 bridgehead atoms. The number of carbonyl (C=O) groups is 1. The van der Waals surface area contributed by atoms with Crippen LogP contribution >= 0.6 is 23.7 Å². The first-order chi connectivity index (χ1) is 9.09. The maximum atomic E-state index is 12.2. The van der Waals surface area contributed by atoms with E-state index in [4.69, 9.17) is 5.73 Å². The Morgan fingerprint density at radius 2 is 1.95 bits per heavy atom. The Kier molecular flexibility index (Phi) is 5.99. The fourth-order valence-corrected chi connectivity index (χ4v) is 2.95. The molecule has 1 aromatic carbocycles. The number of hydrogen-bond acceptors (Lipinski definition) is 3. The van der Waals surface area contributed by atoms with Crippen LogP contribution in [0.5, 0.6) is 0 Å². The van der Waals surface area contributed by atoms with Gasteiger partial charge in [-0.15, -0.1) is 23.7 Å². The Hall–Kier alpha value is -1.10. The fraction of sp³-hybridized carbons (Fsp3) is 0.400. The summed E-state index contributed by atoms with van der Waals surface area (Å²) in [5, 5.41) is 5.89. The van der Waals surface area contributed by atoms with Gasteiger partial charge in [-0.3, -0.25) is 4.79 Å². The molecule has 3 N–H and O–H groups in total. The predicted molar refractivity (Wildman–Crippen MR) is 88.9 cm³/mol. The predicted octanol–water partition coefficient (Wildman–Crippen LogP) is 3.57. The van der Waals surface area contributed by atoms with Gasteiger partial charge in [0.2, 0.25) is 0 Å². The van der Waals surface area contributed by atoms with Gasteiger partial charge >= 0.3 is 0 Å². The Morgan fingerprint density at radius 3 is 2.60 bits per heavy atom. The molecule has 20 heavy (non-hydrogen) atoms. The molecule has 0 fully saturated rings. The number of nitrogens with one attached hydrogen (secondary N) is 1. The van der Waals surface area contributed by atoms with E-state index in [1.807, 2.05) is 29.6 Å². The molecule has 3 nitrogen and oxygen atoms in total. The number of thiophene rings is 1. The molecule has 0 aliphatic rings. The lowest BCUT2D eigenvalue weighted by Crippen LogP contribution is -2.49. The van der Waals surface area contributed by atoms with Gasteiger partial charge in [0.15, 0.2) is 0 Å². The highest BCUT2D eigenvalue weighted by molar-refractivity contribution is 7.17. The number of fused-ring (bicyclic) bond motifs is 1. The number of halogens is 1. The quantitative estimate of drug-likeness (QED) is 0.886. The smallest absolute Gasteiger partial charge is 0.252 e. The molecular formula is C15H21ClN2OS. The number of carbonyl (C=O) groups excluding carboxylic acids is 1. The van der Waals surface area contributed by atoms with Crippen LogP contribution in [0.3, 0.4) is 0 Å². The fourth-order valence-electron chi connectivity index (χ4n) is 2.01. The summed E-state index contributed by atoms with van der Waals surface area (Å²) >= 11 is 1.60. The van der Waals surface area contributed by atoms with Crippen molar-refractivity contribution in [3.05, 3.63) is 35.2 Å². The lowest BCUT2D eigenvalue weighted by atomic mass is 9.94. The number of hydrogen-bond donors (Lipinski definition) is 2. The molecule has 1 heterocycles. The summed E-state index contributed by atoms with van der Waals surface area (Å²) in [6.07, 6.45) is 1.71. The SMILES string of the molecule is CCC(N)(CC)CNC(=O)c1csc2ccccc12.Cl. The summed E-state index contributed by atoms with van der Waals surface area (Å²) < 4.78 is 1.14. The molecule has 0 unspecified atom stereocenters. The number of nitrogens with two attached hydrogens (primary N) is 1. The molecule has 0 aliphatic carbocycles. The molecule has 0 aliphatic heterocycles. The van der Waals surface area contributed by atoms with Crippen molar-refractivity contribution in [3.63, 3.8) is 0 Å². The average molecular weight is 313 g/mol. The zero-order chi connectivity index (χ0) is 13.9. The lowest BCUT2D eigenvalue weighted by Gasteiger charge is -2.26. The van der Waals surface area contributed by atoms with Crippen molar-refractivity contribution < 1.29 is 4.79 Å². The highest BCUT2D eigenvalue weighted by Crippen LogP contribution is 2.25. The van der Waals surface area contributed by atoms with Gasteiger partial charge in [-0.05, 0) is 18.9 Å². The van der Waals surface area contributed by atoms with E-state index in [1.54, 1.807) is 11.3 Å². The first kappa shape index (κ1) is 17.0. The molecule has 0 spiro atoms. The molecule has 5 heteroatoms. The number of rotatable bonds is 5. The van der Waals surface area contributed by atoms with Crippen LogP contribution in [-0.2, 0) is 0 Å². The van der Waals surface area contributed by atoms with Gasteiger partial charge in [0, 0.05) is 27.5 Å². The van der Waals surface area contributed by atoms with Gasteiger partial charge in [-0.1, -0.05) is 32.0 Å². The largest absolute Gasteiger partial charge is 0.350 e. The topological polar surface area (TPSA) is 55.1 Å². The second-order valence-electron chi connectivity index (χ2n) is 4.90. The minimum absolute atomic E-state index is 0. The Balaban J connectivity index is 0.00000200. The second-order valence-corrected chi connectivity index (χ2v) is 5.81. The summed E-state index contributed by atoms with van der Waals surface area (Å²) in [5.41, 5.74) is 6.64. The standard InChI is InChI=1S/C15H20N2OS.ClH/c1-3-15(16,4-2)10-17-14(18)12-9-19-13-8-6-5-7-11(12)13;/h5-9H,3-4,10,16H2,1-2H3,(H,17,18);1H. The van der Waals surface area contributed by atoms with Gasteiger partial charge in [0.25, 0.3) is 5.91 Å². The van der Waals surface area contributed by atoms with Gasteiger partial charge in [-0.2, -0.15) is 0 Å². The van der Waals surface area contributed by atoms with Crippen molar-refractivity contribution in [2.75, 3.05) is 6.54 Å². The van der Waals surface area contributed by atoms with Crippen molar-refractivity contribution in [1.82, 2.24) is 5.32 Å². The third-order valence-corrected chi connectivity index (χ3v) is 4.70. The summed E-state index contributed by atoms with van der Waals surface area (Å²) in [4.78, 5) is 12.2.